The van der Waals surface area contributed by atoms with Crippen LogP contribution in [0.15, 0.2) is 30.3 Å². The fourth-order valence-corrected chi connectivity index (χ4v) is 2.06. The van der Waals surface area contributed by atoms with Crippen molar-refractivity contribution in [2.24, 2.45) is 5.73 Å². The highest BCUT2D eigenvalue weighted by molar-refractivity contribution is 5.95. The molecule has 4 nitrogen and oxygen atoms in total. The summed E-state index contributed by atoms with van der Waals surface area (Å²) in [6.07, 6.45) is 0. The Kier molecular flexibility index (Phi) is 4.65. The molecule has 0 fully saturated rings. The van der Waals surface area contributed by atoms with E-state index in [0.29, 0.717) is 16.8 Å². The molecule has 1 aromatic carbocycles. The van der Waals surface area contributed by atoms with Crippen molar-refractivity contribution in [1.82, 2.24) is 10.3 Å². The Morgan fingerprint density at radius 2 is 2.05 bits per heavy atom. The maximum Gasteiger partial charge on any atom is 0.253 e. The van der Waals surface area contributed by atoms with Crippen molar-refractivity contribution in [1.29, 1.82) is 0 Å². The van der Waals surface area contributed by atoms with Gasteiger partial charge in [-0.05, 0) is 37.6 Å². The maximum atomic E-state index is 13.8. The van der Waals surface area contributed by atoms with E-state index in [-0.39, 0.29) is 24.8 Å². The maximum absolute atomic E-state index is 13.8. The highest BCUT2D eigenvalue weighted by Crippen LogP contribution is 2.11. The van der Waals surface area contributed by atoms with Crippen LogP contribution in [-0.2, 0) is 13.1 Å². The lowest BCUT2D eigenvalue weighted by Gasteiger charge is -2.09. The molecule has 0 spiro atoms. The number of rotatable bonds is 4. The van der Waals surface area contributed by atoms with E-state index in [1.54, 1.807) is 31.2 Å². The SMILES string of the molecule is Cc1ccc(C(=O)NCc2ccc(CN)cc2F)c(C)n1. The highest BCUT2D eigenvalue weighted by Gasteiger charge is 2.11. The zero-order chi connectivity index (χ0) is 15.4. The molecular formula is C16H18FN3O. The Hall–Kier alpha value is -2.27. The van der Waals surface area contributed by atoms with Crippen LogP contribution in [0.4, 0.5) is 4.39 Å². The van der Waals surface area contributed by atoms with Crippen LogP contribution in [-0.4, -0.2) is 10.9 Å². The Balaban J connectivity index is 2.07. The van der Waals surface area contributed by atoms with Crippen LogP contribution >= 0.6 is 0 Å². The summed E-state index contributed by atoms with van der Waals surface area (Å²) < 4.78 is 13.8. The van der Waals surface area contributed by atoms with Gasteiger partial charge in [0.15, 0.2) is 0 Å². The van der Waals surface area contributed by atoms with E-state index in [9.17, 15) is 9.18 Å². The molecule has 0 bridgehead atoms. The molecule has 1 heterocycles. The van der Waals surface area contributed by atoms with Crippen LogP contribution in [0, 0.1) is 19.7 Å². The quantitative estimate of drug-likeness (QED) is 0.906. The first-order valence-corrected chi connectivity index (χ1v) is 6.71. The molecule has 1 aromatic heterocycles. The average Bonchev–Trinajstić information content (AvgIpc) is 2.45. The van der Waals surface area contributed by atoms with E-state index in [0.717, 1.165) is 11.3 Å². The number of benzene rings is 1. The van der Waals surface area contributed by atoms with Gasteiger partial charge in [-0.3, -0.25) is 9.78 Å². The lowest BCUT2D eigenvalue weighted by atomic mass is 10.1. The molecule has 0 aliphatic carbocycles. The number of aryl methyl sites for hydroxylation is 2. The van der Waals surface area contributed by atoms with Gasteiger partial charge in [0.25, 0.3) is 5.91 Å². The van der Waals surface area contributed by atoms with Crippen LogP contribution in [0.3, 0.4) is 0 Å². The van der Waals surface area contributed by atoms with Crippen molar-refractivity contribution in [2.45, 2.75) is 26.9 Å². The summed E-state index contributed by atoms with van der Waals surface area (Å²) in [5.74, 6) is -0.626. The van der Waals surface area contributed by atoms with Gasteiger partial charge < -0.3 is 11.1 Å². The van der Waals surface area contributed by atoms with E-state index < -0.39 is 0 Å². The fraction of sp³-hybridized carbons (Fsp3) is 0.250. The van der Waals surface area contributed by atoms with Crippen LogP contribution in [0.2, 0.25) is 0 Å². The Labute approximate surface area is 123 Å². The van der Waals surface area contributed by atoms with Gasteiger partial charge in [0.05, 0.1) is 11.3 Å². The summed E-state index contributed by atoms with van der Waals surface area (Å²) in [6.45, 7) is 4.06. The normalized spacial score (nSPS) is 10.5. The van der Waals surface area contributed by atoms with Crippen molar-refractivity contribution in [2.75, 3.05) is 0 Å². The summed E-state index contributed by atoms with van der Waals surface area (Å²) >= 11 is 0. The summed E-state index contributed by atoms with van der Waals surface area (Å²) in [5.41, 5.74) is 8.62. The third kappa shape index (κ3) is 3.64. The third-order valence-corrected chi connectivity index (χ3v) is 3.26. The van der Waals surface area contributed by atoms with E-state index >= 15 is 0 Å². The molecule has 2 aromatic rings. The van der Waals surface area contributed by atoms with Crippen LogP contribution < -0.4 is 11.1 Å². The molecule has 21 heavy (non-hydrogen) atoms. The van der Waals surface area contributed by atoms with Crippen LogP contribution in [0.25, 0.3) is 0 Å². The largest absolute Gasteiger partial charge is 0.348 e. The summed E-state index contributed by atoms with van der Waals surface area (Å²) in [6, 6.07) is 8.28. The summed E-state index contributed by atoms with van der Waals surface area (Å²) in [7, 11) is 0. The minimum Gasteiger partial charge on any atom is -0.348 e. The average molecular weight is 287 g/mol. The van der Waals surface area contributed by atoms with Crippen molar-refractivity contribution in [3.05, 3.63) is 64.2 Å². The van der Waals surface area contributed by atoms with Crippen molar-refractivity contribution >= 4 is 5.91 Å². The molecule has 0 atom stereocenters. The number of nitrogens with zero attached hydrogens (tertiary/aromatic N) is 1. The van der Waals surface area contributed by atoms with Gasteiger partial charge in [0.2, 0.25) is 0 Å². The van der Waals surface area contributed by atoms with Crippen LogP contribution in [0.1, 0.15) is 32.9 Å². The smallest absolute Gasteiger partial charge is 0.253 e. The Morgan fingerprint density at radius 3 is 2.67 bits per heavy atom. The molecule has 0 aliphatic heterocycles. The van der Waals surface area contributed by atoms with Gasteiger partial charge in [-0.2, -0.15) is 0 Å². The number of halogens is 1. The molecule has 110 valence electrons. The number of aromatic nitrogens is 1. The predicted octanol–water partition coefficient (Wildman–Crippen LogP) is 2.23. The van der Waals surface area contributed by atoms with Gasteiger partial charge in [-0.1, -0.05) is 12.1 Å². The van der Waals surface area contributed by atoms with Crippen LogP contribution in [0.5, 0.6) is 0 Å². The first kappa shape index (κ1) is 15.1. The minimum atomic E-state index is -0.364. The van der Waals surface area contributed by atoms with E-state index in [4.69, 9.17) is 5.73 Å². The lowest BCUT2D eigenvalue weighted by molar-refractivity contribution is 0.0949. The fourth-order valence-electron chi connectivity index (χ4n) is 2.06. The van der Waals surface area contributed by atoms with Gasteiger partial charge >= 0.3 is 0 Å². The van der Waals surface area contributed by atoms with E-state index in [2.05, 4.69) is 10.3 Å². The molecule has 0 unspecified atom stereocenters. The monoisotopic (exact) mass is 287 g/mol. The molecule has 5 heteroatoms. The number of carbonyl (C=O) groups excluding carboxylic acids is 1. The van der Waals surface area contributed by atoms with Gasteiger partial charge in [0, 0.05) is 24.3 Å². The molecular weight excluding hydrogens is 269 g/mol. The number of nitrogens with two attached hydrogens (primary N) is 1. The standard InChI is InChI=1S/C16H18FN3O/c1-10-3-6-14(11(2)20-10)16(21)19-9-13-5-4-12(8-18)7-15(13)17/h3-7H,8-9,18H2,1-2H3,(H,19,21). The number of amides is 1. The molecule has 0 radical (unpaired) electrons. The summed E-state index contributed by atoms with van der Waals surface area (Å²) in [4.78, 5) is 16.3. The van der Waals surface area contributed by atoms with Gasteiger partial charge in [0.1, 0.15) is 5.82 Å². The third-order valence-electron chi connectivity index (χ3n) is 3.26. The molecule has 1 amide bonds. The zero-order valence-corrected chi connectivity index (χ0v) is 12.1. The van der Waals surface area contributed by atoms with Crippen molar-refractivity contribution in [3.8, 4) is 0 Å². The highest BCUT2D eigenvalue weighted by atomic mass is 19.1. The lowest BCUT2D eigenvalue weighted by Crippen LogP contribution is -2.24. The minimum absolute atomic E-state index is 0.128. The number of hydrogen-bond acceptors (Lipinski definition) is 3. The summed E-state index contributed by atoms with van der Waals surface area (Å²) in [5, 5.41) is 2.70. The second-order valence-corrected chi connectivity index (χ2v) is 4.90. The zero-order valence-electron chi connectivity index (χ0n) is 12.1. The second kappa shape index (κ2) is 6.45. The second-order valence-electron chi connectivity index (χ2n) is 4.90. The molecule has 2 rings (SSSR count). The van der Waals surface area contributed by atoms with E-state index in [1.807, 2.05) is 6.92 Å². The van der Waals surface area contributed by atoms with Gasteiger partial charge in [-0.15, -0.1) is 0 Å². The molecule has 3 N–H and O–H groups in total. The van der Waals surface area contributed by atoms with E-state index in [1.165, 1.54) is 6.07 Å². The molecule has 0 aliphatic rings. The first-order chi connectivity index (χ1) is 10.0. The molecule has 0 saturated carbocycles. The van der Waals surface area contributed by atoms with Crippen molar-refractivity contribution in [3.63, 3.8) is 0 Å². The number of pyridine rings is 1. The molecule has 0 saturated heterocycles. The van der Waals surface area contributed by atoms with Gasteiger partial charge in [-0.25, -0.2) is 4.39 Å². The predicted molar refractivity (Wildman–Crippen MR) is 79.2 cm³/mol. The topological polar surface area (TPSA) is 68.0 Å². The number of carbonyl (C=O) groups is 1. The number of nitrogens with one attached hydrogen (secondary N) is 1. The number of hydrogen-bond donors (Lipinski definition) is 2. The van der Waals surface area contributed by atoms with Crippen molar-refractivity contribution < 1.29 is 9.18 Å². The first-order valence-electron chi connectivity index (χ1n) is 6.71. The Bertz CT molecular complexity index is 671. The Morgan fingerprint density at radius 1 is 1.29 bits per heavy atom.